The summed E-state index contributed by atoms with van der Waals surface area (Å²) >= 11 is 0. The molecular weight excluding hydrogens is 1500 g/mol. The first-order chi connectivity index (χ1) is 55.1. The number of allylic oxidation sites excluding steroid dienone is 20. The lowest BCUT2D eigenvalue weighted by Crippen LogP contribution is -2.28. The Labute approximate surface area is 683 Å². The fourth-order valence-electron chi connectivity index (χ4n) is 12.3. The van der Waals surface area contributed by atoms with Crippen LogP contribution in [0.4, 0.5) is 0 Å². The number of hydrogen-bond donors (Lipinski definition) is 6. The molecule has 0 spiro atoms. The molecule has 6 N–H and O–H groups in total. The van der Waals surface area contributed by atoms with Crippen LogP contribution in [0.5, 0.6) is 0 Å². The van der Waals surface area contributed by atoms with Crippen LogP contribution in [0.15, 0.2) is 172 Å². The number of carbonyl (C=O) groups excluding carboxylic acids is 9. The lowest BCUT2D eigenvalue weighted by molar-refractivity contribution is -0.152. The number of hydrogen-bond acceptors (Lipinski definition) is 25. The SMILES string of the molecule is CC(C)=CCCC1=CCC(C(=O)O)=C(C(=O)OC(C)COCC(C)OC(=O)C2=C(C(=O)OCCOC(=O)C3=C(C(=O)OCCOC(=O)C4=C(C(=O)OCCO)CC(CCC=C(C)C)=CC4)CC(CCC=C(C)C)=CC3)CC(CCC=C(C)C)=CC2)C1.CC(C)=CCCC1=CCC2=C(C1)C(=O)OC2=O.CC(O)COCC(C)O.OCCO. The molecule has 0 aromatic heterocycles. The summed E-state index contributed by atoms with van der Waals surface area (Å²) in [5.74, 6) is -7.48. The number of rotatable bonds is 42. The van der Waals surface area contributed by atoms with Crippen LogP contribution in [0, 0.1) is 0 Å². The van der Waals surface area contributed by atoms with Gasteiger partial charge in [0.05, 0.1) is 114 Å². The van der Waals surface area contributed by atoms with Crippen LogP contribution < -0.4 is 0 Å². The highest BCUT2D eigenvalue weighted by atomic mass is 16.6. The number of aliphatic hydroxyl groups excluding tert-OH is 5. The summed E-state index contributed by atoms with van der Waals surface area (Å²) in [7, 11) is 0. The highest BCUT2D eigenvalue weighted by Gasteiger charge is 2.36. The predicted molar refractivity (Wildman–Crippen MR) is 436 cm³/mol. The Kier molecular flexibility index (Phi) is 48.2. The zero-order chi connectivity index (χ0) is 86.4. The second-order valence-electron chi connectivity index (χ2n) is 30.1. The smallest absolute Gasteiger partial charge is 0.342 e. The second-order valence-corrected chi connectivity index (χ2v) is 30.1. The summed E-state index contributed by atoms with van der Waals surface area (Å²) in [5.41, 5.74) is 12.7. The van der Waals surface area contributed by atoms with Crippen molar-refractivity contribution in [2.45, 2.75) is 250 Å². The highest BCUT2D eigenvalue weighted by Crippen LogP contribution is 2.36. The van der Waals surface area contributed by atoms with Crippen molar-refractivity contribution in [3.8, 4) is 0 Å². The molecule has 1 heterocycles. The molecule has 6 aliphatic rings. The van der Waals surface area contributed by atoms with Crippen molar-refractivity contribution < 1.29 is 126 Å². The molecule has 0 saturated carbocycles. The molecule has 4 unspecified atom stereocenters. The first kappa shape index (κ1) is 101. The Bertz CT molecular complexity index is 3880. The maximum Gasteiger partial charge on any atom is 0.342 e. The molecule has 6 rings (SSSR count). The van der Waals surface area contributed by atoms with Gasteiger partial charge in [0.25, 0.3) is 0 Å². The highest BCUT2D eigenvalue weighted by molar-refractivity contribution is 6.13. The van der Waals surface area contributed by atoms with Crippen molar-refractivity contribution in [2.75, 3.05) is 79.3 Å². The summed E-state index contributed by atoms with van der Waals surface area (Å²) in [4.78, 5) is 129. The van der Waals surface area contributed by atoms with Crippen molar-refractivity contribution in [1.29, 1.82) is 0 Å². The van der Waals surface area contributed by atoms with Crippen molar-refractivity contribution in [2.24, 2.45) is 0 Å². The van der Waals surface area contributed by atoms with E-state index in [0.717, 1.165) is 64.7 Å². The Morgan fingerprint density at radius 1 is 0.353 bits per heavy atom. The van der Waals surface area contributed by atoms with Gasteiger partial charge in [-0.25, -0.2) is 47.9 Å². The maximum absolute atomic E-state index is 13.9. The van der Waals surface area contributed by atoms with Gasteiger partial charge in [0.2, 0.25) is 0 Å². The largest absolute Gasteiger partial charge is 0.478 e. The van der Waals surface area contributed by atoms with Crippen LogP contribution in [0.1, 0.15) is 225 Å². The van der Waals surface area contributed by atoms with Crippen LogP contribution in [0.25, 0.3) is 0 Å². The molecule has 1 aliphatic heterocycles. The molecule has 5 aliphatic carbocycles. The van der Waals surface area contributed by atoms with Gasteiger partial charge in [-0.3, -0.25) is 0 Å². The normalized spacial score (nSPS) is 16.0. The topological polar surface area (TPSA) is 384 Å². The minimum absolute atomic E-state index is 0.00218. The van der Waals surface area contributed by atoms with Crippen LogP contribution >= 0.6 is 0 Å². The Morgan fingerprint density at radius 2 is 0.621 bits per heavy atom. The fourth-order valence-corrected chi connectivity index (χ4v) is 12.3. The van der Waals surface area contributed by atoms with E-state index < -0.39 is 84.1 Å². The lowest BCUT2D eigenvalue weighted by Gasteiger charge is -2.22. The van der Waals surface area contributed by atoms with Gasteiger partial charge in [0.1, 0.15) is 45.2 Å². The van der Waals surface area contributed by atoms with Gasteiger partial charge in [-0.1, -0.05) is 116 Å². The van der Waals surface area contributed by atoms with Crippen LogP contribution in [0.3, 0.4) is 0 Å². The molecule has 4 atom stereocenters. The molecule has 0 radical (unpaired) electrons. The minimum Gasteiger partial charge on any atom is -0.478 e. The van der Waals surface area contributed by atoms with Crippen LogP contribution in [0.2, 0.25) is 0 Å². The molecule has 642 valence electrons. The predicted octanol–water partition coefficient (Wildman–Crippen LogP) is 13.3. The van der Waals surface area contributed by atoms with Gasteiger partial charge in [-0.05, 0) is 193 Å². The van der Waals surface area contributed by atoms with Gasteiger partial charge in [0, 0.05) is 32.1 Å². The first-order valence-corrected chi connectivity index (χ1v) is 39.9. The van der Waals surface area contributed by atoms with Crippen molar-refractivity contribution >= 4 is 59.7 Å². The van der Waals surface area contributed by atoms with E-state index >= 15 is 0 Å². The minimum atomic E-state index is -1.18. The summed E-state index contributed by atoms with van der Waals surface area (Å²) in [6.45, 7) is 24.7. The van der Waals surface area contributed by atoms with E-state index in [-0.39, 0.29) is 162 Å². The van der Waals surface area contributed by atoms with E-state index in [4.69, 9.17) is 63.1 Å². The zero-order valence-electron chi connectivity index (χ0n) is 70.6. The second kappa shape index (κ2) is 55.4. The van der Waals surface area contributed by atoms with E-state index in [1.807, 2.05) is 79.7 Å². The molecule has 0 fully saturated rings. The number of ether oxygens (including phenoxy) is 10. The van der Waals surface area contributed by atoms with Crippen molar-refractivity contribution in [1.82, 2.24) is 0 Å². The van der Waals surface area contributed by atoms with E-state index in [2.05, 4.69) is 55.0 Å². The van der Waals surface area contributed by atoms with E-state index in [9.17, 15) is 58.2 Å². The average molecular weight is 1620 g/mol. The Hall–Kier alpha value is -9.28. The van der Waals surface area contributed by atoms with Crippen LogP contribution in [-0.2, 0) is 95.3 Å². The fraction of sp³-hybridized carbons (Fsp3) is 0.556. The summed E-state index contributed by atoms with van der Waals surface area (Å²) in [5, 5.41) is 51.6. The third-order valence-electron chi connectivity index (χ3n) is 18.1. The molecule has 0 aromatic carbocycles. The monoisotopic (exact) mass is 1620 g/mol. The zero-order valence-corrected chi connectivity index (χ0v) is 70.6. The van der Waals surface area contributed by atoms with E-state index in [1.165, 1.54) is 16.7 Å². The molecule has 0 amide bonds. The maximum atomic E-state index is 13.9. The molecule has 0 saturated heterocycles. The number of esters is 9. The van der Waals surface area contributed by atoms with E-state index in [0.29, 0.717) is 75.7 Å². The molecule has 26 heteroatoms. The Balaban J connectivity index is 0.000000959. The summed E-state index contributed by atoms with van der Waals surface area (Å²) in [6.07, 6.45) is 27.3. The standard InChI is InChI=1S/C68H90O18.C14H16O3.C6H14O3.C2H6O2/c1-43(2)15-11-19-49-23-27-53(61(70)71)57(37-49)68(78)86-48(10)42-79-41-47(9)85-67(77)56-30-26-52(22-14-18-46(7)8)40-60(56)66(76)84-36-34-82-63(73)55-29-25-51(21-13-17-45(5)6)39-59(55)65(75)83-35-33-81-62(72)54-28-24-50(20-12-16-44(3)4)38-58(54)64(74)80-32-31-69;1-9(2)4-3-5-10-6-7-11-12(8-10)14(16)17-13(11)15;1-5(7)3-9-4-6(2)8;3-1-2-4/h15-18,23-26,47-48,69H,11-14,19-22,27-42H2,1-10H3,(H,70,71);4,6H,3,5,7-8H2,1-2H3;5-8H,3-4H2,1-2H3;3-4H,1-2H2. The third kappa shape index (κ3) is 39.6. The molecule has 26 nitrogen and oxygen atoms in total. The molecule has 116 heavy (non-hydrogen) atoms. The third-order valence-corrected chi connectivity index (χ3v) is 18.1. The quantitative estimate of drug-likeness (QED) is 0.0109. The lowest BCUT2D eigenvalue weighted by atomic mass is 9.89. The summed E-state index contributed by atoms with van der Waals surface area (Å²) < 4.78 is 54.0. The van der Waals surface area contributed by atoms with Crippen molar-refractivity contribution in [3.63, 3.8) is 0 Å². The van der Waals surface area contributed by atoms with Gasteiger partial charge in [-0.15, -0.1) is 0 Å². The van der Waals surface area contributed by atoms with Gasteiger partial charge in [-0.2, -0.15) is 0 Å². The number of cyclic esters (lactones) is 2. The van der Waals surface area contributed by atoms with Gasteiger partial charge < -0.3 is 78.0 Å². The first-order valence-electron chi connectivity index (χ1n) is 39.9. The number of aliphatic hydroxyl groups is 5. The summed E-state index contributed by atoms with van der Waals surface area (Å²) in [6, 6.07) is 0. The number of carboxylic acids is 1. The van der Waals surface area contributed by atoms with Crippen LogP contribution in [-0.4, -0.2) is 194 Å². The molecule has 0 aromatic rings. The van der Waals surface area contributed by atoms with Crippen molar-refractivity contribution in [3.05, 3.63) is 172 Å². The Morgan fingerprint density at radius 3 is 0.931 bits per heavy atom. The number of carbonyl (C=O) groups is 10. The van der Waals surface area contributed by atoms with Gasteiger partial charge in [0.15, 0.2) is 0 Å². The molecule has 0 bridgehead atoms. The molecular formula is C90H126O26. The number of aliphatic carboxylic acids is 1. The number of carboxylic acid groups (broad SMARTS) is 1. The average Bonchev–Trinajstić information content (AvgIpc) is 1.58. The van der Waals surface area contributed by atoms with Gasteiger partial charge >= 0.3 is 59.7 Å². The van der Waals surface area contributed by atoms with E-state index in [1.54, 1.807) is 27.7 Å².